The number of hydrogen-bond acceptors (Lipinski definition) is 2. The van der Waals surface area contributed by atoms with Crippen LogP contribution in [0.3, 0.4) is 0 Å². The van der Waals surface area contributed by atoms with Crippen LogP contribution in [0.1, 0.15) is 0 Å². The van der Waals surface area contributed by atoms with E-state index in [-0.39, 0.29) is 5.82 Å². The summed E-state index contributed by atoms with van der Waals surface area (Å²) in [4.78, 5) is 7.41. The van der Waals surface area contributed by atoms with Gasteiger partial charge in [-0.2, -0.15) is 0 Å². The lowest BCUT2D eigenvalue weighted by molar-refractivity contribution is 0.636. The Kier molecular flexibility index (Phi) is 1.28. The summed E-state index contributed by atoms with van der Waals surface area (Å²) < 4.78 is 12.9. The molecule has 2 rings (SSSR count). The predicted molar refractivity (Wildman–Crippen MR) is 38.3 cm³/mol. The molecule has 0 saturated heterocycles. The summed E-state index contributed by atoms with van der Waals surface area (Å²) in [7, 11) is 0. The topological polar surface area (TPSA) is 25.8 Å². The number of hydrogen-bond donors (Lipinski definition) is 0. The number of aromatic nitrogens is 2. The Morgan fingerprint density at radius 3 is 3.09 bits per heavy atom. The standard InChI is InChI=1S/C8H4FN2/c9-7-3-1-2-6-4-10-5-11-8(6)7/h1-3,5H. The lowest BCUT2D eigenvalue weighted by Crippen LogP contribution is -1.84. The molecule has 1 aromatic heterocycles. The normalized spacial score (nSPS) is 10.3. The first-order chi connectivity index (χ1) is 5.38. The number of halogens is 1. The monoisotopic (exact) mass is 147 g/mol. The maximum absolute atomic E-state index is 12.9. The van der Waals surface area contributed by atoms with E-state index >= 15 is 0 Å². The fraction of sp³-hybridized carbons (Fsp3) is 0. The third kappa shape index (κ3) is 0.941. The summed E-state index contributed by atoms with van der Waals surface area (Å²) in [5, 5.41) is 0.604. The lowest BCUT2D eigenvalue weighted by atomic mass is 10.2. The van der Waals surface area contributed by atoms with Gasteiger partial charge >= 0.3 is 0 Å². The quantitative estimate of drug-likeness (QED) is 0.565. The molecule has 0 spiro atoms. The van der Waals surface area contributed by atoms with Crippen LogP contribution in [-0.2, 0) is 0 Å². The molecule has 53 valence electrons. The van der Waals surface area contributed by atoms with Gasteiger partial charge in [-0.1, -0.05) is 12.1 Å². The molecule has 3 heteroatoms. The van der Waals surface area contributed by atoms with Gasteiger partial charge in [0, 0.05) is 5.39 Å². The van der Waals surface area contributed by atoms with Crippen molar-refractivity contribution in [3.05, 3.63) is 36.5 Å². The van der Waals surface area contributed by atoms with Gasteiger partial charge < -0.3 is 0 Å². The average Bonchev–Trinajstić information content (AvgIpc) is 2.06. The highest BCUT2D eigenvalue weighted by Crippen LogP contribution is 2.11. The Morgan fingerprint density at radius 1 is 1.36 bits per heavy atom. The number of fused-ring (bicyclic) bond motifs is 1. The summed E-state index contributed by atoms with van der Waals surface area (Å²) in [6, 6.07) is 4.69. The van der Waals surface area contributed by atoms with Crippen LogP contribution in [0.5, 0.6) is 0 Å². The first-order valence-corrected chi connectivity index (χ1v) is 3.15. The fourth-order valence-corrected chi connectivity index (χ4v) is 0.922. The first kappa shape index (κ1) is 6.22. The Balaban J connectivity index is 2.91. The second kappa shape index (κ2) is 2.27. The second-order valence-electron chi connectivity index (χ2n) is 2.12. The van der Waals surface area contributed by atoms with E-state index < -0.39 is 0 Å². The van der Waals surface area contributed by atoms with Crippen LogP contribution in [0.2, 0.25) is 0 Å². The summed E-state index contributed by atoms with van der Waals surface area (Å²) in [6.45, 7) is 0. The molecule has 0 saturated carbocycles. The van der Waals surface area contributed by atoms with Gasteiger partial charge in [-0.3, -0.25) is 0 Å². The molecule has 0 aliphatic carbocycles. The van der Waals surface area contributed by atoms with Gasteiger partial charge in [-0.25, -0.2) is 14.4 Å². The number of rotatable bonds is 0. The molecule has 2 aromatic rings. The maximum atomic E-state index is 12.9. The van der Waals surface area contributed by atoms with E-state index in [0.717, 1.165) is 0 Å². The zero-order valence-electron chi connectivity index (χ0n) is 5.58. The fourth-order valence-electron chi connectivity index (χ4n) is 0.922. The van der Waals surface area contributed by atoms with Gasteiger partial charge in [0.25, 0.3) is 0 Å². The molecule has 0 unspecified atom stereocenters. The molecule has 11 heavy (non-hydrogen) atoms. The predicted octanol–water partition coefficient (Wildman–Crippen LogP) is 1.57. The SMILES string of the molecule is Fc1cccc2[c]ncnc12. The lowest BCUT2D eigenvalue weighted by Gasteiger charge is -1.93. The summed E-state index contributed by atoms with van der Waals surface area (Å²) in [5.41, 5.74) is 0.322. The minimum atomic E-state index is -0.332. The Morgan fingerprint density at radius 2 is 2.27 bits per heavy atom. The zero-order valence-corrected chi connectivity index (χ0v) is 5.58. The molecule has 2 nitrogen and oxygen atoms in total. The van der Waals surface area contributed by atoms with Crippen LogP contribution in [0, 0.1) is 12.0 Å². The highest BCUT2D eigenvalue weighted by atomic mass is 19.1. The Labute approximate surface area is 62.7 Å². The van der Waals surface area contributed by atoms with Crippen molar-refractivity contribution in [2.75, 3.05) is 0 Å². The van der Waals surface area contributed by atoms with Gasteiger partial charge in [-0.05, 0) is 6.07 Å². The zero-order chi connectivity index (χ0) is 7.68. The smallest absolute Gasteiger partial charge is 0.149 e. The number of nitrogens with zero attached hydrogens (tertiary/aromatic N) is 2. The molecular formula is C8H4FN2. The van der Waals surface area contributed by atoms with Crippen LogP contribution in [0.25, 0.3) is 10.9 Å². The highest BCUT2D eigenvalue weighted by molar-refractivity contribution is 5.76. The minimum absolute atomic E-state index is 0.322. The van der Waals surface area contributed by atoms with E-state index in [1.54, 1.807) is 12.1 Å². The van der Waals surface area contributed by atoms with E-state index in [2.05, 4.69) is 16.2 Å². The molecule has 0 amide bonds. The highest BCUT2D eigenvalue weighted by Gasteiger charge is 1.98. The number of benzene rings is 1. The van der Waals surface area contributed by atoms with E-state index in [9.17, 15) is 4.39 Å². The molecule has 0 aliphatic rings. The van der Waals surface area contributed by atoms with Crippen molar-refractivity contribution in [3.8, 4) is 0 Å². The van der Waals surface area contributed by atoms with Gasteiger partial charge in [0.15, 0.2) is 0 Å². The van der Waals surface area contributed by atoms with Crippen molar-refractivity contribution < 1.29 is 4.39 Å². The van der Waals surface area contributed by atoms with Crippen molar-refractivity contribution >= 4 is 10.9 Å². The van der Waals surface area contributed by atoms with E-state index in [1.165, 1.54) is 12.4 Å². The second-order valence-corrected chi connectivity index (χ2v) is 2.12. The van der Waals surface area contributed by atoms with Crippen LogP contribution in [-0.4, -0.2) is 9.97 Å². The molecular weight excluding hydrogens is 143 g/mol. The summed E-state index contributed by atoms with van der Waals surface area (Å²) in [6.07, 6.45) is 3.92. The van der Waals surface area contributed by atoms with Crippen molar-refractivity contribution in [2.45, 2.75) is 0 Å². The van der Waals surface area contributed by atoms with Crippen LogP contribution in [0.15, 0.2) is 24.5 Å². The van der Waals surface area contributed by atoms with Gasteiger partial charge in [0.2, 0.25) is 0 Å². The first-order valence-electron chi connectivity index (χ1n) is 3.15. The number of para-hydroxylation sites is 1. The van der Waals surface area contributed by atoms with Gasteiger partial charge in [-0.15, -0.1) is 0 Å². The third-order valence-electron chi connectivity index (χ3n) is 1.42. The molecule has 1 heterocycles. The molecule has 0 fully saturated rings. The van der Waals surface area contributed by atoms with E-state index in [1.807, 2.05) is 0 Å². The summed E-state index contributed by atoms with van der Waals surface area (Å²) >= 11 is 0. The van der Waals surface area contributed by atoms with Crippen molar-refractivity contribution in [2.24, 2.45) is 0 Å². The van der Waals surface area contributed by atoms with Crippen molar-refractivity contribution in [1.82, 2.24) is 9.97 Å². The Hall–Kier alpha value is -1.51. The molecule has 0 N–H and O–H groups in total. The minimum Gasteiger partial charge on any atom is -0.234 e. The molecule has 1 radical (unpaired) electrons. The average molecular weight is 147 g/mol. The third-order valence-corrected chi connectivity index (χ3v) is 1.42. The molecule has 0 aliphatic heterocycles. The molecule has 0 atom stereocenters. The molecule has 0 bridgehead atoms. The van der Waals surface area contributed by atoms with Gasteiger partial charge in [0.05, 0.1) is 0 Å². The summed E-state index contributed by atoms with van der Waals surface area (Å²) in [5.74, 6) is -0.332. The maximum Gasteiger partial charge on any atom is 0.149 e. The van der Waals surface area contributed by atoms with E-state index in [0.29, 0.717) is 10.9 Å². The van der Waals surface area contributed by atoms with Crippen LogP contribution < -0.4 is 0 Å². The van der Waals surface area contributed by atoms with E-state index in [4.69, 9.17) is 0 Å². The van der Waals surface area contributed by atoms with Gasteiger partial charge in [0.1, 0.15) is 23.9 Å². The largest absolute Gasteiger partial charge is 0.234 e. The van der Waals surface area contributed by atoms with Crippen LogP contribution >= 0.6 is 0 Å². The van der Waals surface area contributed by atoms with Crippen molar-refractivity contribution in [1.29, 1.82) is 0 Å². The van der Waals surface area contributed by atoms with Crippen molar-refractivity contribution in [3.63, 3.8) is 0 Å². The Bertz CT molecular complexity index is 381. The molecule has 1 aromatic carbocycles. The van der Waals surface area contributed by atoms with Crippen LogP contribution in [0.4, 0.5) is 4.39 Å².